The molecule has 0 aliphatic rings. The van der Waals surface area contributed by atoms with Gasteiger partial charge < -0.3 is 4.98 Å². The van der Waals surface area contributed by atoms with Crippen LogP contribution < -0.4 is 5.56 Å². The van der Waals surface area contributed by atoms with Gasteiger partial charge in [-0.15, -0.1) is 0 Å². The van der Waals surface area contributed by atoms with E-state index in [-0.39, 0.29) is 5.56 Å². The van der Waals surface area contributed by atoms with Gasteiger partial charge in [-0.1, -0.05) is 30.3 Å². The van der Waals surface area contributed by atoms with Crippen molar-refractivity contribution in [2.45, 2.75) is 19.8 Å². The number of rotatable bonds is 3. The highest BCUT2D eigenvalue weighted by Gasteiger charge is 2.04. The highest BCUT2D eigenvalue weighted by atomic mass is 32.1. The summed E-state index contributed by atoms with van der Waals surface area (Å²) in [5.74, 6) is 0. The van der Waals surface area contributed by atoms with E-state index in [2.05, 4.69) is 22.1 Å². The minimum atomic E-state index is -0.0813. The van der Waals surface area contributed by atoms with Gasteiger partial charge in [0.15, 0.2) is 4.77 Å². The van der Waals surface area contributed by atoms with E-state index < -0.39 is 0 Å². The van der Waals surface area contributed by atoms with Gasteiger partial charge in [0.25, 0.3) is 5.56 Å². The summed E-state index contributed by atoms with van der Waals surface area (Å²) in [4.78, 5) is 17.3. The van der Waals surface area contributed by atoms with Crippen molar-refractivity contribution in [1.29, 1.82) is 0 Å². The van der Waals surface area contributed by atoms with Gasteiger partial charge in [0, 0.05) is 11.3 Å². The third-order valence-corrected chi connectivity index (χ3v) is 2.97. The standard InChI is InChI=1S/C13H14N2OS/c1-9-11(12(16)15-13(17)14-9)8-7-10-5-3-2-4-6-10/h2-6H,7-8H2,1H3,(H2,14,15,16,17). The first kappa shape index (κ1) is 11.8. The van der Waals surface area contributed by atoms with Crippen LogP contribution >= 0.6 is 12.2 Å². The maximum atomic E-state index is 11.7. The zero-order chi connectivity index (χ0) is 12.3. The maximum absolute atomic E-state index is 11.7. The molecule has 0 bridgehead atoms. The molecule has 0 spiro atoms. The van der Waals surface area contributed by atoms with Crippen LogP contribution in [0.4, 0.5) is 0 Å². The second-order valence-corrected chi connectivity index (χ2v) is 4.41. The van der Waals surface area contributed by atoms with E-state index in [4.69, 9.17) is 12.2 Å². The molecule has 0 fully saturated rings. The third kappa shape index (κ3) is 2.91. The van der Waals surface area contributed by atoms with Crippen molar-refractivity contribution < 1.29 is 0 Å². The summed E-state index contributed by atoms with van der Waals surface area (Å²) in [6.45, 7) is 1.88. The number of nitrogens with one attached hydrogen (secondary N) is 2. The molecular formula is C13H14N2OS. The van der Waals surface area contributed by atoms with E-state index in [0.717, 1.165) is 24.1 Å². The lowest BCUT2D eigenvalue weighted by Gasteiger charge is -2.04. The second-order valence-electron chi connectivity index (χ2n) is 4.00. The Morgan fingerprint density at radius 1 is 1.12 bits per heavy atom. The molecule has 4 heteroatoms. The number of hydrogen-bond donors (Lipinski definition) is 2. The van der Waals surface area contributed by atoms with E-state index in [9.17, 15) is 4.79 Å². The zero-order valence-corrected chi connectivity index (χ0v) is 10.4. The summed E-state index contributed by atoms with van der Waals surface area (Å²) < 4.78 is 0.385. The fraction of sp³-hybridized carbons (Fsp3) is 0.231. The van der Waals surface area contributed by atoms with Crippen molar-refractivity contribution in [2.75, 3.05) is 0 Å². The Labute approximate surface area is 105 Å². The Morgan fingerprint density at radius 2 is 1.82 bits per heavy atom. The molecule has 2 rings (SSSR count). The van der Waals surface area contributed by atoms with E-state index in [1.165, 1.54) is 5.56 Å². The minimum Gasteiger partial charge on any atom is -0.336 e. The Bertz CT molecular complexity index is 613. The van der Waals surface area contributed by atoms with Crippen LogP contribution in [0.5, 0.6) is 0 Å². The van der Waals surface area contributed by atoms with Crippen LogP contribution in [0, 0.1) is 11.7 Å². The van der Waals surface area contributed by atoms with Crippen LogP contribution in [0.2, 0.25) is 0 Å². The van der Waals surface area contributed by atoms with Crippen molar-refractivity contribution in [2.24, 2.45) is 0 Å². The summed E-state index contributed by atoms with van der Waals surface area (Å²) in [6.07, 6.45) is 1.58. The molecule has 0 unspecified atom stereocenters. The van der Waals surface area contributed by atoms with Crippen LogP contribution in [0.3, 0.4) is 0 Å². The van der Waals surface area contributed by atoms with Gasteiger partial charge in [0.1, 0.15) is 0 Å². The van der Waals surface area contributed by atoms with Gasteiger partial charge >= 0.3 is 0 Å². The predicted molar refractivity (Wildman–Crippen MR) is 70.8 cm³/mol. The van der Waals surface area contributed by atoms with Gasteiger partial charge in [-0.3, -0.25) is 9.78 Å². The molecule has 0 saturated heterocycles. The molecule has 0 saturated carbocycles. The first-order chi connectivity index (χ1) is 8.16. The summed E-state index contributed by atoms with van der Waals surface area (Å²) in [5.41, 5.74) is 2.79. The van der Waals surface area contributed by atoms with Gasteiger partial charge in [0.05, 0.1) is 0 Å². The zero-order valence-electron chi connectivity index (χ0n) is 9.62. The molecule has 88 valence electrons. The second kappa shape index (κ2) is 5.10. The Morgan fingerprint density at radius 3 is 2.47 bits per heavy atom. The fourth-order valence-corrected chi connectivity index (χ4v) is 2.09. The smallest absolute Gasteiger partial charge is 0.255 e. The lowest BCUT2D eigenvalue weighted by atomic mass is 10.0. The molecule has 1 aromatic heterocycles. The lowest BCUT2D eigenvalue weighted by Crippen LogP contribution is -2.17. The molecular weight excluding hydrogens is 232 g/mol. The van der Waals surface area contributed by atoms with E-state index in [0.29, 0.717) is 4.77 Å². The molecule has 1 heterocycles. The Kier molecular flexibility index (Phi) is 3.54. The Balaban J connectivity index is 2.21. The lowest BCUT2D eigenvalue weighted by molar-refractivity contribution is 0.883. The van der Waals surface area contributed by atoms with Crippen LogP contribution in [-0.4, -0.2) is 9.97 Å². The van der Waals surface area contributed by atoms with Crippen molar-refractivity contribution >= 4 is 12.2 Å². The summed E-state index contributed by atoms with van der Waals surface area (Å²) in [5, 5.41) is 0. The van der Waals surface area contributed by atoms with Gasteiger partial charge in [-0.25, -0.2) is 0 Å². The SMILES string of the molecule is Cc1[nH]c(=S)[nH]c(=O)c1CCc1ccccc1. The van der Waals surface area contributed by atoms with E-state index in [1.807, 2.05) is 25.1 Å². The van der Waals surface area contributed by atoms with Gasteiger partial charge in [-0.05, 0) is 37.5 Å². The molecule has 3 nitrogen and oxygen atoms in total. The molecule has 17 heavy (non-hydrogen) atoms. The number of aryl methyl sites for hydroxylation is 2. The van der Waals surface area contributed by atoms with E-state index >= 15 is 0 Å². The molecule has 2 aromatic rings. The summed E-state index contributed by atoms with van der Waals surface area (Å²) in [6, 6.07) is 10.1. The van der Waals surface area contributed by atoms with Crippen molar-refractivity contribution in [3.05, 3.63) is 62.3 Å². The highest BCUT2D eigenvalue weighted by molar-refractivity contribution is 7.71. The summed E-state index contributed by atoms with van der Waals surface area (Å²) >= 11 is 4.91. The topological polar surface area (TPSA) is 48.6 Å². The van der Waals surface area contributed by atoms with Crippen LogP contribution in [-0.2, 0) is 12.8 Å². The number of H-pyrrole nitrogens is 2. The third-order valence-electron chi connectivity index (χ3n) is 2.76. The first-order valence-electron chi connectivity index (χ1n) is 5.53. The Hall–Kier alpha value is -1.68. The average molecular weight is 246 g/mol. The molecule has 0 amide bonds. The highest BCUT2D eigenvalue weighted by Crippen LogP contribution is 2.06. The van der Waals surface area contributed by atoms with Crippen molar-refractivity contribution in [1.82, 2.24) is 9.97 Å². The van der Waals surface area contributed by atoms with Gasteiger partial charge in [-0.2, -0.15) is 0 Å². The van der Waals surface area contributed by atoms with Crippen molar-refractivity contribution in [3.8, 4) is 0 Å². The molecule has 0 aliphatic heterocycles. The van der Waals surface area contributed by atoms with Crippen LogP contribution in [0.25, 0.3) is 0 Å². The number of hydrogen-bond acceptors (Lipinski definition) is 2. The number of aromatic amines is 2. The first-order valence-corrected chi connectivity index (χ1v) is 5.93. The quantitative estimate of drug-likeness (QED) is 0.818. The average Bonchev–Trinajstić information content (AvgIpc) is 2.29. The summed E-state index contributed by atoms with van der Waals surface area (Å²) in [7, 11) is 0. The minimum absolute atomic E-state index is 0.0813. The molecule has 1 aromatic carbocycles. The maximum Gasteiger partial charge on any atom is 0.255 e. The predicted octanol–water partition coefficient (Wildman–Crippen LogP) is 2.53. The van der Waals surface area contributed by atoms with Crippen LogP contribution in [0.1, 0.15) is 16.8 Å². The largest absolute Gasteiger partial charge is 0.336 e. The molecule has 0 aliphatic carbocycles. The van der Waals surface area contributed by atoms with Crippen molar-refractivity contribution in [3.63, 3.8) is 0 Å². The molecule has 0 atom stereocenters. The molecule has 2 N–H and O–H groups in total. The number of benzene rings is 1. The van der Waals surface area contributed by atoms with Gasteiger partial charge in [0.2, 0.25) is 0 Å². The fourth-order valence-electron chi connectivity index (χ4n) is 1.84. The molecule has 0 radical (unpaired) electrons. The normalized spacial score (nSPS) is 10.4. The number of aromatic nitrogens is 2. The monoisotopic (exact) mass is 246 g/mol. The van der Waals surface area contributed by atoms with E-state index in [1.54, 1.807) is 0 Å². The van der Waals surface area contributed by atoms with Crippen LogP contribution in [0.15, 0.2) is 35.1 Å².